The fraction of sp³-hybridized carbons (Fsp3) is 0.565. The second-order valence-electron chi connectivity index (χ2n) is 8.98. The zero-order valence-electron chi connectivity index (χ0n) is 17.2. The lowest BCUT2D eigenvalue weighted by molar-refractivity contribution is -0.135. The maximum Gasteiger partial charge on any atom is 0.224 e. The van der Waals surface area contributed by atoms with Crippen LogP contribution in [0, 0.1) is 29.1 Å². The molecule has 3 aliphatic carbocycles. The van der Waals surface area contributed by atoms with Crippen LogP contribution in [-0.2, 0) is 16.0 Å². The van der Waals surface area contributed by atoms with Crippen molar-refractivity contribution in [2.45, 2.75) is 19.3 Å². The number of nitrogens with one attached hydrogen (secondary N) is 2. The Morgan fingerprint density at radius 2 is 1.55 bits per heavy atom. The molecule has 3 aliphatic rings. The first-order chi connectivity index (χ1) is 13.9. The molecule has 2 amide bonds. The molecule has 0 saturated heterocycles. The molecule has 0 aliphatic heterocycles. The van der Waals surface area contributed by atoms with Gasteiger partial charge in [0, 0.05) is 24.7 Å². The Bertz CT molecular complexity index is 801. The maximum absolute atomic E-state index is 13.1. The summed E-state index contributed by atoms with van der Waals surface area (Å²) in [7, 11) is 3.98. The van der Waals surface area contributed by atoms with Crippen LogP contribution in [0.25, 0.3) is 0 Å². The molecule has 156 valence electrons. The standard InChI is InChI=1S/C23H30ClN3O2/c1-27(2)14-13-26-22(29)20-18-8-7-17(23(18)10-11-23)19(20)21(28)25-12-9-15-3-5-16(24)6-4-15/h3-8,17-20H,9-14H2,1-2H3,(H,25,28)(H,26,29)/t17-,18+,19+,20+/m0/s1. The molecular formula is C23H30ClN3O2. The lowest BCUT2D eigenvalue weighted by atomic mass is 9.81. The van der Waals surface area contributed by atoms with Crippen LogP contribution in [0.5, 0.6) is 0 Å². The van der Waals surface area contributed by atoms with Gasteiger partial charge in [-0.05, 0) is 68.3 Å². The number of likely N-dealkylation sites (N-methyl/N-ethyl adjacent to an activating group) is 1. The summed E-state index contributed by atoms with van der Waals surface area (Å²) in [4.78, 5) is 28.2. The highest BCUT2D eigenvalue weighted by atomic mass is 35.5. The van der Waals surface area contributed by atoms with Crippen LogP contribution in [0.2, 0.25) is 5.02 Å². The molecule has 4 atom stereocenters. The highest BCUT2D eigenvalue weighted by molar-refractivity contribution is 6.30. The fourth-order valence-corrected chi connectivity index (χ4v) is 5.46. The van der Waals surface area contributed by atoms with Gasteiger partial charge in [-0.1, -0.05) is 35.9 Å². The Kier molecular flexibility index (Phi) is 5.71. The first-order valence-corrected chi connectivity index (χ1v) is 10.9. The molecular weight excluding hydrogens is 386 g/mol. The lowest BCUT2D eigenvalue weighted by Crippen LogP contribution is -2.45. The van der Waals surface area contributed by atoms with Crippen molar-refractivity contribution in [2.24, 2.45) is 29.1 Å². The number of halogens is 1. The molecule has 29 heavy (non-hydrogen) atoms. The van der Waals surface area contributed by atoms with Crippen molar-refractivity contribution < 1.29 is 9.59 Å². The molecule has 0 unspecified atom stereocenters. The van der Waals surface area contributed by atoms with Crippen LogP contribution in [0.1, 0.15) is 18.4 Å². The third-order valence-electron chi connectivity index (χ3n) is 6.93. The third kappa shape index (κ3) is 3.95. The van der Waals surface area contributed by atoms with E-state index in [-0.39, 0.29) is 40.9 Å². The van der Waals surface area contributed by atoms with E-state index in [2.05, 4.69) is 22.8 Å². The Morgan fingerprint density at radius 3 is 2.07 bits per heavy atom. The third-order valence-corrected chi connectivity index (χ3v) is 7.18. The van der Waals surface area contributed by atoms with E-state index in [0.717, 1.165) is 31.4 Å². The minimum absolute atomic E-state index is 0.0230. The summed E-state index contributed by atoms with van der Waals surface area (Å²) in [5, 5.41) is 6.89. The first kappa shape index (κ1) is 20.4. The number of hydrogen-bond acceptors (Lipinski definition) is 3. The second-order valence-corrected chi connectivity index (χ2v) is 9.42. The predicted octanol–water partition coefficient (Wildman–Crippen LogP) is 2.50. The number of hydrogen-bond donors (Lipinski definition) is 2. The van der Waals surface area contributed by atoms with E-state index < -0.39 is 0 Å². The summed E-state index contributed by atoms with van der Waals surface area (Å²) < 4.78 is 0. The van der Waals surface area contributed by atoms with Gasteiger partial charge >= 0.3 is 0 Å². The summed E-state index contributed by atoms with van der Waals surface area (Å²) in [6, 6.07) is 7.69. The number of rotatable bonds is 8. The molecule has 6 heteroatoms. The molecule has 4 rings (SSSR count). The normalized spacial score (nSPS) is 28.1. The van der Waals surface area contributed by atoms with Gasteiger partial charge in [0.1, 0.15) is 0 Å². The van der Waals surface area contributed by atoms with E-state index in [4.69, 9.17) is 11.6 Å². The quantitative estimate of drug-likeness (QED) is 0.641. The van der Waals surface area contributed by atoms with E-state index in [1.807, 2.05) is 43.3 Å². The van der Waals surface area contributed by atoms with Crippen molar-refractivity contribution in [1.82, 2.24) is 15.5 Å². The Morgan fingerprint density at radius 1 is 1.00 bits per heavy atom. The highest BCUT2D eigenvalue weighted by Gasteiger charge is 2.69. The van der Waals surface area contributed by atoms with Gasteiger partial charge < -0.3 is 15.5 Å². The highest BCUT2D eigenvalue weighted by Crippen LogP contribution is 2.72. The number of carbonyl (C=O) groups is 2. The SMILES string of the molecule is CN(C)CCNC(=O)[C@H]1[C@H](C(=O)NCCc2ccc(Cl)cc2)[C@@H]2C=C[C@H]1C21CC1. The topological polar surface area (TPSA) is 61.4 Å². The van der Waals surface area contributed by atoms with Crippen molar-refractivity contribution in [2.75, 3.05) is 33.7 Å². The van der Waals surface area contributed by atoms with Gasteiger partial charge in [0.2, 0.25) is 11.8 Å². The first-order valence-electron chi connectivity index (χ1n) is 10.6. The van der Waals surface area contributed by atoms with Gasteiger partial charge in [0.05, 0.1) is 11.8 Å². The molecule has 2 saturated carbocycles. The van der Waals surface area contributed by atoms with Gasteiger partial charge in [-0.3, -0.25) is 9.59 Å². The van der Waals surface area contributed by atoms with E-state index in [1.54, 1.807) is 0 Å². The summed E-state index contributed by atoms with van der Waals surface area (Å²) in [6.07, 6.45) is 7.41. The molecule has 0 aromatic heterocycles. The molecule has 0 radical (unpaired) electrons. The van der Waals surface area contributed by atoms with E-state index >= 15 is 0 Å². The molecule has 0 heterocycles. The monoisotopic (exact) mass is 415 g/mol. The van der Waals surface area contributed by atoms with Crippen LogP contribution in [0.4, 0.5) is 0 Å². The van der Waals surface area contributed by atoms with E-state index in [1.165, 1.54) is 0 Å². The average Bonchev–Trinajstić information content (AvgIpc) is 3.35. The summed E-state index contributed by atoms with van der Waals surface area (Å²) >= 11 is 5.93. The molecule has 1 spiro atoms. The Hall–Kier alpha value is -1.85. The summed E-state index contributed by atoms with van der Waals surface area (Å²) in [6.45, 7) is 1.98. The van der Waals surface area contributed by atoms with E-state index in [9.17, 15) is 9.59 Å². The Balaban J connectivity index is 1.39. The van der Waals surface area contributed by atoms with Gasteiger partial charge in [0.25, 0.3) is 0 Å². The predicted molar refractivity (Wildman–Crippen MR) is 114 cm³/mol. The molecule has 2 bridgehead atoms. The number of carbonyl (C=O) groups excluding carboxylic acids is 2. The summed E-state index contributed by atoms with van der Waals surface area (Å²) in [5.41, 5.74) is 1.31. The van der Waals surface area contributed by atoms with Gasteiger partial charge in [-0.25, -0.2) is 0 Å². The largest absolute Gasteiger partial charge is 0.355 e. The molecule has 2 N–H and O–H groups in total. The average molecular weight is 416 g/mol. The number of benzene rings is 1. The smallest absolute Gasteiger partial charge is 0.224 e. The van der Waals surface area contributed by atoms with E-state index in [0.29, 0.717) is 18.1 Å². The van der Waals surface area contributed by atoms with Crippen LogP contribution in [-0.4, -0.2) is 50.4 Å². The van der Waals surface area contributed by atoms with Crippen LogP contribution in [0.15, 0.2) is 36.4 Å². The molecule has 5 nitrogen and oxygen atoms in total. The van der Waals surface area contributed by atoms with Crippen LogP contribution in [0.3, 0.4) is 0 Å². The maximum atomic E-state index is 13.1. The fourth-order valence-electron chi connectivity index (χ4n) is 5.33. The van der Waals surface area contributed by atoms with Crippen molar-refractivity contribution in [3.63, 3.8) is 0 Å². The summed E-state index contributed by atoms with van der Waals surface area (Å²) in [5.74, 6) is -0.0311. The van der Waals surface area contributed by atoms with Gasteiger partial charge in [-0.2, -0.15) is 0 Å². The van der Waals surface area contributed by atoms with Crippen molar-refractivity contribution in [3.05, 3.63) is 47.0 Å². The van der Waals surface area contributed by atoms with Gasteiger partial charge in [0.15, 0.2) is 0 Å². The van der Waals surface area contributed by atoms with Crippen LogP contribution >= 0.6 is 11.6 Å². The van der Waals surface area contributed by atoms with Gasteiger partial charge in [-0.15, -0.1) is 0 Å². The zero-order valence-corrected chi connectivity index (χ0v) is 17.9. The number of amides is 2. The molecule has 2 fully saturated rings. The van der Waals surface area contributed by atoms with Crippen molar-refractivity contribution >= 4 is 23.4 Å². The number of nitrogens with zero attached hydrogens (tertiary/aromatic N) is 1. The van der Waals surface area contributed by atoms with Crippen molar-refractivity contribution in [3.8, 4) is 0 Å². The van der Waals surface area contributed by atoms with Crippen LogP contribution < -0.4 is 10.6 Å². The minimum atomic E-state index is -0.253. The zero-order chi connectivity index (χ0) is 20.6. The Labute approximate surface area is 177 Å². The lowest BCUT2D eigenvalue weighted by Gasteiger charge is -2.26. The van der Waals surface area contributed by atoms with Crippen molar-refractivity contribution in [1.29, 1.82) is 0 Å². The molecule has 1 aromatic carbocycles. The second kappa shape index (κ2) is 8.11. The number of allylic oxidation sites excluding steroid dienone is 2. The minimum Gasteiger partial charge on any atom is -0.355 e. The molecule has 1 aromatic rings.